The average molecular weight is 351 g/mol. The highest BCUT2D eigenvalue weighted by molar-refractivity contribution is 7.98. The van der Waals surface area contributed by atoms with Crippen molar-refractivity contribution in [3.63, 3.8) is 0 Å². The number of amides is 2. The van der Waals surface area contributed by atoms with Crippen LogP contribution in [-0.2, 0) is 9.53 Å². The van der Waals surface area contributed by atoms with Crippen LogP contribution in [0.15, 0.2) is 18.2 Å². The molecule has 8 heteroatoms. The van der Waals surface area contributed by atoms with Crippen LogP contribution in [0.5, 0.6) is 0 Å². The number of ether oxygens (including phenoxy) is 1. The maximum atomic E-state index is 11.9. The molecule has 1 unspecified atom stereocenters. The number of hydrogen-bond acceptors (Lipinski definition) is 4. The number of benzene rings is 1. The van der Waals surface area contributed by atoms with Gasteiger partial charge < -0.3 is 15.4 Å². The van der Waals surface area contributed by atoms with Crippen molar-refractivity contribution in [1.29, 1.82) is 0 Å². The number of esters is 1. The Morgan fingerprint density at radius 3 is 2.71 bits per heavy atom. The molecule has 1 rings (SSSR count). The van der Waals surface area contributed by atoms with Crippen LogP contribution in [0, 0.1) is 0 Å². The van der Waals surface area contributed by atoms with Crippen molar-refractivity contribution < 1.29 is 14.3 Å². The third-order valence-corrected chi connectivity index (χ3v) is 3.79. The molecule has 116 valence electrons. The first-order chi connectivity index (χ1) is 9.97. The number of rotatable bonds is 6. The Morgan fingerprint density at radius 2 is 2.10 bits per heavy atom. The third-order valence-electron chi connectivity index (χ3n) is 2.58. The van der Waals surface area contributed by atoms with E-state index in [0.29, 0.717) is 22.2 Å². The lowest BCUT2D eigenvalue weighted by Gasteiger charge is -2.17. The average Bonchev–Trinajstić information content (AvgIpc) is 2.46. The molecule has 0 saturated heterocycles. The molecule has 2 amide bonds. The maximum absolute atomic E-state index is 11.9. The number of carbonyl (C=O) groups is 2. The smallest absolute Gasteiger partial charge is 0.328 e. The van der Waals surface area contributed by atoms with Gasteiger partial charge in [0, 0.05) is 5.02 Å². The van der Waals surface area contributed by atoms with Gasteiger partial charge in [0.25, 0.3) is 0 Å². The maximum Gasteiger partial charge on any atom is 0.328 e. The van der Waals surface area contributed by atoms with Gasteiger partial charge in [-0.1, -0.05) is 23.2 Å². The minimum absolute atomic E-state index is 0.355. The highest BCUT2D eigenvalue weighted by Crippen LogP contribution is 2.25. The van der Waals surface area contributed by atoms with Gasteiger partial charge in [-0.2, -0.15) is 11.8 Å². The van der Waals surface area contributed by atoms with Crippen LogP contribution in [-0.4, -0.2) is 37.2 Å². The zero-order chi connectivity index (χ0) is 15.8. The van der Waals surface area contributed by atoms with E-state index in [1.807, 2.05) is 6.26 Å². The van der Waals surface area contributed by atoms with E-state index in [4.69, 9.17) is 23.2 Å². The van der Waals surface area contributed by atoms with Gasteiger partial charge in [-0.15, -0.1) is 0 Å². The first-order valence-corrected chi connectivity index (χ1v) is 8.22. The monoisotopic (exact) mass is 350 g/mol. The van der Waals surface area contributed by atoms with Gasteiger partial charge in [0.05, 0.1) is 17.8 Å². The fraction of sp³-hybridized carbons (Fsp3) is 0.385. The van der Waals surface area contributed by atoms with E-state index < -0.39 is 18.0 Å². The van der Waals surface area contributed by atoms with Gasteiger partial charge >= 0.3 is 12.0 Å². The Hall–Kier alpha value is -1.11. The van der Waals surface area contributed by atoms with Crippen LogP contribution in [0.4, 0.5) is 10.5 Å². The Morgan fingerprint density at radius 1 is 1.38 bits per heavy atom. The van der Waals surface area contributed by atoms with Crippen molar-refractivity contribution in [3.8, 4) is 0 Å². The molecule has 0 fully saturated rings. The molecule has 0 radical (unpaired) electrons. The number of urea groups is 1. The summed E-state index contributed by atoms with van der Waals surface area (Å²) in [6, 6.07) is 3.46. The summed E-state index contributed by atoms with van der Waals surface area (Å²) in [4.78, 5) is 23.5. The summed E-state index contributed by atoms with van der Waals surface area (Å²) in [5, 5.41) is 5.91. The quantitative estimate of drug-likeness (QED) is 0.771. The molecule has 0 spiro atoms. The molecular weight excluding hydrogens is 335 g/mol. The predicted molar refractivity (Wildman–Crippen MR) is 87.4 cm³/mol. The van der Waals surface area contributed by atoms with Crippen LogP contribution in [0.3, 0.4) is 0 Å². The second-order valence-corrected chi connectivity index (χ2v) is 5.91. The normalized spacial score (nSPS) is 11.6. The molecule has 0 aromatic heterocycles. The summed E-state index contributed by atoms with van der Waals surface area (Å²) < 4.78 is 4.67. The zero-order valence-electron chi connectivity index (χ0n) is 11.6. The summed E-state index contributed by atoms with van der Waals surface area (Å²) in [5.74, 6) is 0.231. The van der Waals surface area contributed by atoms with Gasteiger partial charge in [0.2, 0.25) is 0 Å². The van der Waals surface area contributed by atoms with E-state index in [1.54, 1.807) is 23.9 Å². The lowest BCUT2D eigenvalue weighted by atomic mass is 10.2. The van der Waals surface area contributed by atoms with E-state index in [0.717, 1.165) is 5.75 Å². The molecule has 0 aliphatic carbocycles. The molecule has 0 saturated carbocycles. The SMILES string of the molecule is COC(=O)C(CCSC)NC(=O)Nc1cc(Cl)ccc1Cl. The first kappa shape index (κ1) is 17.9. The lowest BCUT2D eigenvalue weighted by molar-refractivity contribution is -0.142. The summed E-state index contributed by atoms with van der Waals surface area (Å²) in [6.07, 6.45) is 2.39. The summed E-state index contributed by atoms with van der Waals surface area (Å²) in [7, 11) is 1.28. The van der Waals surface area contributed by atoms with Gasteiger partial charge in [0.1, 0.15) is 6.04 Å². The Kier molecular flexibility index (Phi) is 7.71. The van der Waals surface area contributed by atoms with Crippen molar-refractivity contribution in [1.82, 2.24) is 5.32 Å². The van der Waals surface area contributed by atoms with Crippen molar-refractivity contribution in [2.45, 2.75) is 12.5 Å². The van der Waals surface area contributed by atoms with E-state index in [2.05, 4.69) is 15.4 Å². The standard InChI is InChI=1S/C13H16Cl2N2O3S/c1-20-12(18)10(5-6-21-2)16-13(19)17-11-7-8(14)3-4-9(11)15/h3-4,7,10H,5-6H2,1-2H3,(H2,16,17,19). The zero-order valence-corrected chi connectivity index (χ0v) is 13.9. The summed E-state index contributed by atoms with van der Waals surface area (Å²) in [6.45, 7) is 0. The number of carbonyl (C=O) groups excluding carboxylic acids is 2. The van der Waals surface area contributed by atoms with E-state index in [1.165, 1.54) is 13.2 Å². The second kappa shape index (κ2) is 9.02. The van der Waals surface area contributed by atoms with E-state index in [9.17, 15) is 9.59 Å². The number of anilines is 1. The van der Waals surface area contributed by atoms with Crippen LogP contribution < -0.4 is 10.6 Å². The highest BCUT2D eigenvalue weighted by Gasteiger charge is 2.21. The molecule has 0 heterocycles. The third kappa shape index (κ3) is 6.03. The number of hydrogen-bond donors (Lipinski definition) is 2. The van der Waals surface area contributed by atoms with Gasteiger partial charge in [-0.3, -0.25) is 0 Å². The minimum Gasteiger partial charge on any atom is -0.467 e. The van der Waals surface area contributed by atoms with Crippen LogP contribution in [0.1, 0.15) is 6.42 Å². The predicted octanol–water partition coefficient (Wildman–Crippen LogP) is 3.41. The van der Waals surface area contributed by atoms with Crippen molar-refractivity contribution in [2.24, 2.45) is 0 Å². The van der Waals surface area contributed by atoms with Crippen LogP contribution in [0.25, 0.3) is 0 Å². The van der Waals surface area contributed by atoms with Crippen molar-refractivity contribution in [2.75, 3.05) is 24.4 Å². The fourth-order valence-corrected chi connectivity index (χ4v) is 2.35. The van der Waals surface area contributed by atoms with E-state index in [-0.39, 0.29) is 0 Å². The van der Waals surface area contributed by atoms with Crippen LogP contribution in [0.2, 0.25) is 10.0 Å². The molecule has 0 aliphatic rings. The van der Waals surface area contributed by atoms with Crippen LogP contribution >= 0.6 is 35.0 Å². The molecule has 1 aromatic rings. The second-order valence-electron chi connectivity index (χ2n) is 4.08. The number of nitrogens with one attached hydrogen (secondary N) is 2. The van der Waals surface area contributed by atoms with Crippen molar-refractivity contribution >= 4 is 52.7 Å². The molecule has 5 nitrogen and oxygen atoms in total. The Labute approximate surface area is 137 Å². The number of methoxy groups -OCH3 is 1. The molecule has 1 aromatic carbocycles. The van der Waals surface area contributed by atoms with E-state index >= 15 is 0 Å². The molecule has 0 bridgehead atoms. The first-order valence-electron chi connectivity index (χ1n) is 6.07. The summed E-state index contributed by atoms with van der Waals surface area (Å²) in [5.41, 5.74) is 0.371. The molecule has 1 atom stereocenters. The largest absolute Gasteiger partial charge is 0.467 e. The highest BCUT2D eigenvalue weighted by atomic mass is 35.5. The fourth-order valence-electron chi connectivity index (χ4n) is 1.54. The molecule has 2 N–H and O–H groups in total. The minimum atomic E-state index is -0.708. The van der Waals surface area contributed by atoms with Gasteiger partial charge in [-0.05, 0) is 36.6 Å². The Balaban J connectivity index is 2.68. The molecule has 21 heavy (non-hydrogen) atoms. The van der Waals surface area contributed by atoms with Gasteiger partial charge in [-0.25, -0.2) is 9.59 Å². The molecular formula is C13H16Cl2N2O3S. The number of halogens is 2. The van der Waals surface area contributed by atoms with Gasteiger partial charge in [0.15, 0.2) is 0 Å². The lowest BCUT2D eigenvalue weighted by Crippen LogP contribution is -2.44. The molecule has 0 aliphatic heterocycles. The topological polar surface area (TPSA) is 67.4 Å². The van der Waals surface area contributed by atoms with Crippen molar-refractivity contribution in [3.05, 3.63) is 28.2 Å². The Bertz CT molecular complexity index is 514. The number of thioether (sulfide) groups is 1. The summed E-state index contributed by atoms with van der Waals surface area (Å²) >= 11 is 13.4.